The monoisotopic (exact) mass is 339 g/mol. The summed E-state index contributed by atoms with van der Waals surface area (Å²) in [5, 5.41) is 3.07. The number of H-pyrrole nitrogens is 1. The van der Waals surface area contributed by atoms with E-state index in [0.29, 0.717) is 6.54 Å². The van der Waals surface area contributed by atoms with Crippen LogP contribution in [-0.2, 0) is 12.0 Å². The van der Waals surface area contributed by atoms with Crippen LogP contribution in [-0.4, -0.2) is 52.5 Å². The smallest absolute Gasteiger partial charge is 0.321 e. The number of benzene rings is 1. The van der Waals surface area contributed by atoms with Crippen LogP contribution in [0.4, 0.5) is 10.5 Å². The summed E-state index contributed by atoms with van der Waals surface area (Å²) in [6.45, 7) is 6.50. The standard InChI is InChI=1S/C19H25N5O/c1-13-4-5-15(14(2)10-13)22-18(25)24-9-7-19(11-24)17-16(20-12-21-17)6-8-23(19)3/h4-5,10,12H,6-9,11H2,1-3H3,(H,20,21)(H,22,25). The lowest BCUT2D eigenvalue weighted by atomic mass is 9.87. The number of urea groups is 1. The quantitative estimate of drug-likeness (QED) is 0.839. The fourth-order valence-electron chi connectivity index (χ4n) is 4.21. The van der Waals surface area contributed by atoms with Crippen LogP contribution in [0.3, 0.4) is 0 Å². The Bertz CT molecular complexity index is 814. The van der Waals surface area contributed by atoms with Gasteiger partial charge in [0.1, 0.15) is 0 Å². The molecule has 2 amide bonds. The number of carbonyl (C=O) groups is 1. The Labute approximate surface area is 148 Å². The number of carbonyl (C=O) groups excluding carboxylic acids is 1. The number of imidazole rings is 1. The molecule has 0 bridgehead atoms. The number of rotatable bonds is 1. The third-order valence-corrected chi connectivity index (χ3v) is 5.75. The Hall–Kier alpha value is -2.34. The molecule has 4 rings (SSSR count). The third kappa shape index (κ3) is 2.61. The number of fused-ring (bicyclic) bond motifs is 2. The van der Waals surface area contributed by atoms with Crippen molar-refractivity contribution in [2.45, 2.75) is 32.2 Å². The van der Waals surface area contributed by atoms with Gasteiger partial charge < -0.3 is 15.2 Å². The highest BCUT2D eigenvalue weighted by atomic mass is 16.2. The molecule has 1 unspecified atom stereocenters. The van der Waals surface area contributed by atoms with Crippen molar-refractivity contribution in [3.05, 3.63) is 47.0 Å². The van der Waals surface area contributed by atoms with Crippen LogP contribution in [0, 0.1) is 13.8 Å². The molecule has 2 aliphatic rings. The van der Waals surface area contributed by atoms with E-state index in [1.165, 1.54) is 11.3 Å². The Morgan fingerprint density at radius 1 is 1.32 bits per heavy atom. The lowest BCUT2D eigenvalue weighted by Gasteiger charge is -2.41. The molecule has 1 fully saturated rings. The normalized spacial score (nSPS) is 23.1. The van der Waals surface area contributed by atoms with Gasteiger partial charge in [0.05, 0.1) is 17.6 Å². The molecule has 0 aliphatic carbocycles. The van der Waals surface area contributed by atoms with E-state index in [2.05, 4.69) is 40.2 Å². The number of likely N-dealkylation sites (tertiary alicyclic amines) is 1. The minimum absolute atomic E-state index is 0.0279. The number of likely N-dealkylation sites (N-methyl/N-ethyl adjacent to an activating group) is 1. The number of amides is 2. The van der Waals surface area contributed by atoms with Crippen LogP contribution in [0.15, 0.2) is 24.5 Å². The van der Waals surface area contributed by atoms with Crippen LogP contribution in [0.5, 0.6) is 0 Å². The first-order valence-corrected chi connectivity index (χ1v) is 8.87. The minimum Gasteiger partial charge on any atom is -0.348 e. The molecule has 1 aromatic heterocycles. The highest BCUT2D eigenvalue weighted by Gasteiger charge is 2.48. The Morgan fingerprint density at radius 2 is 2.16 bits per heavy atom. The van der Waals surface area contributed by atoms with E-state index in [0.717, 1.165) is 42.9 Å². The van der Waals surface area contributed by atoms with Gasteiger partial charge in [-0.15, -0.1) is 0 Å². The SMILES string of the molecule is Cc1ccc(NC(=O)N2CCC3(C2)c2nc[nH]c2CCN3C)c(C)c1. The summed E-state index contributed by atoms with van der Waals surface area (Å²) in [6, 6.07) is 6.07. The number of nitrogens with one attached hydrogen (secondary N) is 2. The molecule has 0 radical (unpaired) electrons. The van der Waals surface area contributed by atoms with Crippen LogP contribution < -0.4 is 5.32 Å². The fraction of sp³-hybridized carbons (Fsp3) is 0.474. The van der Waals surface area contributed by atoms with E-state index in [1.807, 2.05) is 24.0 Å². The maximum atomic E-state index is 12.8. The van der Waals surface area contributed by atoms with E-state index >= 15 is 0 Å². The molecule has 2 aromatic rings. The molecule has 1 atom stereocenters. The van der Waals surface area contributed by atoms with Crippen LogP contribution in [0.25, 0.3) is 0 Å². The second-order valence-electron chi connectivity index (χ2n) is 7.35. The second kappa shape index (κ2) is 5.88. The van der Waals surface area contributed by atoms with Crippen molar-refractivity contribution < 1.29 is 4.79 Å². The molecule has 0 saturated carbocycles. The molecule has 3 heterocycles. The van der Waals surface area contributed by atoms with Gasteiger partial charge in [0, 0.05) is 37.4 Å². The number of hydrogen-bond acceptors (Lipinski definition) is 3. The molecule has 1 saturated heterocycles. The van der Waals surface area contributed by atoms with Gasteiger partial charge >= 0.3 is 6.03 Å². The topological polar surface area (TPSA) is 64.3 Å². The Kier molecular flexibility index (Phi) is 3.80. The van der Waals surface area contributed by atoms with E-state index in [-0.39, 0.29) is 11.6 Å². The predicted molar refractivity (Wildman–Crippen MR) is 97.7 cm³/mol. The van der Waals surface area contributed by atoms with Crippen molar-refractivity contribution >= 4 is 11.7 Å². The van der Waals surface area contributed by atoms with Gasteiger partial charge in [-0.1, -0.05) is 17.7 Å². The molecule has 2 aliphatic heterocycles. The van der Waals surface area contributed by atoms with Crippen molar-refractivity contribution in [2.75, 3.05) is 32.0 Å². The maximum absolute atomic E-state index is 12.8. The predicted octanol–water partition coefficient (Wildman–Crippen LogP) is 2.65. The molecule has 132 valence electrons. The molecule has 25 heavy (non-hydrogen) atoms. The lowest BCUT2D eigenvalue weighted by molar-refractivity contribution is 0.109. The fourth-order valence-corrected chi connectivity index (χ4v) is 4.21. The van der Waals surface area contributed by atoms with Gasteiger partial charge in [-0.2, -0.15) is 0 Å². The Balaban J connectivity index is 1.54. The molecule has 1 aromatic carbocycles. The molecule has 1 spiro atoms. The van der Waals surface area contributed by atoms with Gasteiger partial charge in [-0.3, -0.25) is 4.90 Å². The zero-order chi connectivity index (χ0) is 17.6. The van der Waals surface area contributed by atoms with Crippen molar-refractivity contribution in [3.63, 3.8) is 0 Å². The maximum Gasteiger partial charge on any atom is 0.321 e. The number of anilines is 1. The average molecular weight is 339 g/mol. The highest BCUT2D eigenvalue weighted by Crippen LogP contribution is 2.40. The van der Waals surface area contributed by atoms with E-state index in [9.17, 15) is 4.79 Å². The van der Waals surface area contributed by atoms with Crippen molar-refractivity contribution in [1.82, 2.24) is 19.8 Å². The van der Waals surface area contributed by atoms with Gasteiger partial charge in [-0.25, -0.2) is 9.78 Å². The molecule has 6 heteroatoms. The number of aryl methyl sites for hydroxylation is 2. The van der Waals surface area contributed by atoms with Gasteiger partial charge in [0.2, 0.25) is 0 Å². The van der Waals surface area contributed by atoms with Crippen LogP contribution in [0.2, 0.25) is 0 Å². The van der Waals surface area contributed by atoms with Gasteiger partial charge in [0.25, 0.3) is 0 Å². The summed E-state index contributed by atoms with van der Waals surface area (Å²) in [4.78, 5) is 24.9. The summed E-state index contributed by atoms with van der Waals surface area (Å²) in [6.07, 6.45) is 3.69. The van der Waals surface area contributed by atoms with Crippen molar-refractivity contribution in [1.29, 1.82) is 0 Å². The Morgan fingerprint density at radius 3 is 2.96 bits per heavy atom. The largest absolute Gasteiger partial charge is 0.348 e. The first-order chi connectivity index (χ1) is 12.0. The van der Waals surface area contributed by atoms with Crippen molar-refractivity contribution in [2.24, 2.45) is 0 Å². The molecular weight excluding hydrogens is 314 g/mol. The number of aromatic amines is 1. The zero-order valence-corrected chi connectivity index (χ0v) is 15.1. The van der Waals surface area contributed by atoms with E-state index < -0.39 is 0 Å². The van der Waals surface area contributed by atoms with E-state index in [1.54, 1.807) is 6.33 Å². The third-order valence-electron chi connectivity index (χ3n) is 5.75. The van der Waals surface area contributed by atoms with E-state index in [4.69, 9.17) is 0 Å². The lowest BCUT2D eigenvalue weighted by Crippen LogP contribution is -2.51. The van der Waals surface area contributed by atoms with Crippen molar-refractivity contribution in [3.8, 4) is 0 Å². The summed E-state index contributed by atoms with van der Waals surface area (Å²) in [5.41, 5.74) is 5.34. The first-order valence-electron chi connectivity index (χ1n) is 8.87. The summed E-state index contributed by atoms with van der Waals surface area (Å²) in [5.74, 6) is 0. The molecular formula is C19H25N5O. The van der Waals surface area contributed by atoms with Gasteiger partial charge in [0.15, 0.2) is 0 Å². The first kappa shape index (κ1) is 16.1. The minimum atomic E-state index is -0.159. The second-order valence-corrected chi connectivity index (χ2v) is 7.35. The summed E-state index contributed by atoms with van der Waals surface area (Å²) in [7, 11) is 2.14. The highest BCUT2D eigenvalue weighted by molar-refractivity contribution is 5.90. The molecule has 2 N–H and O–H groups in total. The summed E-state index contributed by atoms with van der Waals surface area (Å²) < 4.78 is 0. The van der Waals surface area contributed by atoms with Gasteiger partial charge in [-0.05, 0) is 38.9 Å². The van der Waals surface area contributed by atoms with Crippen LogP contribution >= 0.6 is 0 Å². The average Bonchev–Trinajstić information content (AvgIpc) is 3.22. The summed E-state index contributed by atoms with van der Waals surface area (Å²) >= 11 is 0. The zero-order valence-electron chi connectivity index (χ0n) is 15.1. The number of hydrogen-bond donors (Lipinski definition) is 2. The number of aromatic nitrogens is 2. The number of nitrogens with zero attached hydrogens (tertiary/aromatic N) is 3. The van der Waals surface area contributed by atoms with Crippen LogP contribution in [0.1, 0.15) is 28.9 Å². The molecule has 6 nitrogen and oxygen atoms in total.